The van der Waals surface area contributed by atoms with Crippen LogP contribution in [0.25, 0.3) is 0 Å². The number of nitrogens with zero attached hydrogens (tertiary/aromatic N) is 1. The van der Waals surface area contributed by atoms with E-state index in [-0.39, 0.29) is 0 Å². The van der Waals surface area contributed by atoms with Gasteiger partial charge in [0.15, 0.2) is 0 Å². The Kier molecular flexibility index (Phi) is 25.7. The highest BCUT2D eigenvalue weighted by Gasteiger charge is 2.19. The topological polar surface area (TPSA) is 512 Å². The number of nitriles is 1. The lowest BCUT2D eigenvalue weighted by Crippen LogP contribution is -2.02. The second-order valence-corrected chi connectivity index (χ2v) is 15.8. The molecule has 0 fully saturated rings. The average molecular weight is 996 g/mol. The summed E-state index contributed by atoms with van der Waals surface area (Å²) in [5.74, 6) is -8.17. The number of hydrogen-bond acceptors (Lipinski definition) is 20. The number of hydrogen-bond donors (Lipinski definition) is 15. The molecule has 0 bridgehead atoms. The van der Waals surface area contributed by atoms with Crippen LogP contribution in [-0.2, 0) is 40.5 Å². The van der Waals surface area contributed by atoms with Crippen molar-refractivity contribution in [1.82, 2.24) is 0 Å². The summed E-state index contributed by atoms with van der Waals surface area (Å²) in [6.45, 7) is 0. The maximum atomic E-state index is 10.6. The summed E-state index contributed by atoms with van der Waals surface area (Å²) in [4.78, 5) is 39.6. The molecular formula is C31H33NO26S5. The zero-order valence-electron chi connectivity index (χ0n) is 31.1. The Bertz CT molecular complexity index is 2380. The molecule has 4 aromatic rings. The third-order valence-corrected chi connectivity index (χ3v) is 9.38. The fraction of sp³-hybridized carbons (Fsp3) is 0.0645. The third kappa shape index (κ3) is 21.6. The minimum Gasteiger partial charge on any atom is -0.507 e. The van der Waals surface area contributed by atoms with E-state index in [2.05, 4.69) is 12.6 Å². The molecule has 0 spiro atoms. The zero-order valence-corrected chi connectivity index (χ0v) is 35.3. The summed E-state index contributed by atoms with van der Waals surface area (Å²) in [7, 11) is -15.8. The van der Waals surface area contributed by atoms with Crippen molar-refractivity contribution in [3.05, 3.63) is 95.1 Å². The number of aliphatic hydroxyl groups excluding tert-OH is 2. The average Bonchev–Trinajstić information content (AvgIpc) is 3.16. The molecule has 0 saturated carbocycles. The normalized spacial score (nSPS) is 10.3. The van der Waals surface area contributed by atoms with Gasteiger partial charge in [0.25, 0.3) is 40.5 Å². The Labute approximate surface area is 360 Å². The first-order valence-electron chi connectivity index (χ1n) is 14.8. The molecule has 0 heterocycles. The number of aromatic hydroxyl groups is 4. The lowest BCUT2D eigenvalue weighted by Gasteiger charge is -2.01. The number of thiol groups is 1. The molecule has 0 aliphatic carbocycles. The number of phenols is 4. The molecular weight excluding hydrogens is 963 g/mol. The van der Waals surface area contributed by atoms with E-state index in [1.807, 2.05) is 0 Å². The molecule has 348 valence electrons. The molecule has 27 nitrogen and oxygen atoms in total. The Morgan fingerprint density at radius 1 is 0.413 bits per heavy atom. The van der Waals surface area contributed by atoms with Crippen LogP contribution in [0.4, 0.5) is 0 Å². The number of carboxylic acids is 4. The largest absolute Gasteiger partial charge is 0.507 e. The van der Waals surface area contributed by atoms with Gasteiger partial charge in [-0.2, -0.15) is 38.9 Å². The quantitative estimate of drug-likeness (QED) is 0.0664. The van der Waals surface area contributed by atoms with Crippen LogP contribution in [0.1, 0.15) is 41.4 Å². The summed E-state index contributed by atoms with van der Waals surface area (Å²) in [5, 5.41) is 92.8. The Balaban J connectivity index is -0.000000725. The predicted molar refractivity (Wildman–Crippen MR) is 210 cm³/mol. The summed E-state index contributed by atoms with van der Waals surface area (Å²) in [5.41, 5.74) is -2.33. The van der Waals surface area contributed by atoms with E-state index >= 15 is 0 Å². The van der Waals surface area contributed by atoms with Gasteiger partial charge in [-0.3, -0.25) is 18.2 Å². The molecule has 4 aromatic carbocycles. The third-order valence-electron chi connectivity index (χ3n) is 5.99. The number of rotatable bonds is 8. The highest BCUT2D eigenvalue weighted by molar-refractivity contribution is 7.86. The second kappa shape index (κ2) is 26.6. The SMILES string of the molecule is CO.CO.N#CS.O=C(O)c1cc(S(=O)(=O)O)ccc1O.O=C(O)c1cc(S(=O)(=O)O)ccc1O.O=C(O)c1cc(S(=O)(=O)O)ccc1O.O=C(O)c1cc(S(=O)(=O)O)ccc1O. The Hall–Kier alpha value is -6.64. The van der Waals surface area contributed by atoms with E-state index in [9.17, 15) is 52.8 Å². The van der Waals surface area contributed by atoms with Crippen LogP contribution in [0.2, 0.25) is 0 Å². The van der Waals surface area contributed by atoms with Crippen molar-refractivity contribution in [3.63, 3.8) is 0 Å². The maximum absolute atomic E-state index is 10.6. The fourth-order valence-electron chi connectivity index (χ4n) is 3.39. The maximum Gasteiger partial charge on any atom is 0.339 e. The molecule has 0 amide bonds. The first kappa shape index (κ1) is 60.7. The van der Waals surface area contributed by atoms with Gasteiger partial charge in [-0.25, -0.2) is 19.2 Å². The van der Waals surface area contributed by atoms with Crippen molar-refractivity contribution >= 4 is 77.0 Å². The van der Waals surface area contributed by atoms with Crippen molar-refractivity contribution in [2.24, 2.45) is 0 Å². The number of thiocyanates is 1. The highest BCUT2D eigenvalue weighted by atomic mass is 32.2. The number of carbonyl (C=O) groups is 4. The van der Waals surface area contributed by atoms with Gasteiger partial charge >= 0.3 is 23.9 Å². The molecule has 0 atom stereocenters. The number of benzene rings is 4. The number of aromatic carboxylic acids is 4. The highest BCUT2D eigenvalue weighted by Crippen LogP contribution is 2.24. The van der Waals surface area contributed by atoms with Crippen molar-refractivity contribution in [3.8, 4) is 28.4 Å². The van der Waals surface area contributed by atoms with Crippen molar-refractivity contribution in [2.75, 3.05) is 14.2 Å². The molecule has 0 unspecified atom stereocenters. The van der Waals surface area contributed by atoms with Crippen molar-refractivity contribution in [2.45, 2.75) is 19.6 Å². The molecule has 32 heteroatoms. The van der Waals surface area contributed by atoms with E-state index in [0.29, 0.717) is 24.3 Å². The summed E-state index contributed by atoms with van der Waals surface area (Å²) < 4.78 is 119. The fourth-order valence-corrected chi connectivity index (χ4v) is 5.41. The molecule has 0 aromatic heterocycles. The van der Waals surface area contributed by atoms with Crippen LogP contribution in [0.3, 0.4) is 0 Å². The van der Waals surface area contributed by atoms with Gasteiger partial charge in [-0.05, 0) is 72.8 Å². The molecule has 0 radical (unpaired) electrons. The minimum absolute atomic E-state index is 0.565. The van der Waals surface area contributed by atoms with Gasteiger partial charge in [0.05, 0.1) is 19.6 Å². The number of carboxylic acid groups (broad SMARTS) is 4. The zero-order chi connectivity index (χ0) is 50.4. The predicted octanol–water partition coefficient (Wildman–Crippen LogP) is 0.963. The monoisotopic (exact) mass is 995 g/mol. The lowest BCUT2D eigenvalue weighted by atomic mass is 10.2. The minimum atomic E-state index is -4.45. The molecule has 0 aliphatic rings. The molecule has 63 heavy (non-hydrogen) atoms. The number of aliphatic hydroxyl groups is 2. The lowest BCUT2D eigenvalue weighted by molar-refractivity contribution is 0.0682. The van der Waals surface area contributed by atoms with Gasteiger partial charge in [0.2, 0.25) is 0 Å². The first-order chi connectivity index (χ1) is 28.7. The van der Waals surface area contributed by atoms with Crippen LogP contribution >= 0.6 is 12.6 Å². The van der Waals surface area contributed by atoms with Crippen LogP contribution in [0, 0.1) is 10.7 Å². The summed E-state index contributed by atoms with van der Waals surface area (Å²) in [6.07, 6.45) is 0. The van der Waals surface area contributed by atoms with Crippen molar-refractivity contribution in [1.29, 1.82) is 5.26 Å². The van der Waals surface area contributed by atoms with E-state index in [1.54, 1.807) is 0 Å². The molecule has 14 N–H and O–H groups in total. The van der Waals surface area contributed by atoms with Gasteiger partial charge in [-0.1, -0.05) is 12.6 Å². The smallest absolute Gasteiger partial charge is 0.339 e. The van der Waals surface area contributed by atoms with Crippen LogP contribution in [-0.4, -0.2) is 141 Å². The van der Waals surface area contributed by atoms with Gasteiger partial charge in [0, 0.05) is 14.2 Å². The Morgan fingerprint density at radius 3 is 0.635 bits per heavy atom. The van der Waals surface area contributed by atoms with E-state index in [0.717, 1.165) is 62.8 Å². The van der Waals surface area contributed by atoms with E-state index in [4.69, 9.17) is 74.5 Å². The second-order valence-electron chi connectivity index (χ2n) is 9.94. The van der Waals surface area contributed by atoms with E-state index < -0.39 is 129 Å². The van der Waals surface area contributed by atoms with Gasteiger partial charge in [0.1, 0.15) is 50.7 Å². The Morgan fingerprint density at radius 2 is 0.540 bits per heavy atom. The van der Waals surface area contributed by atoms with E-state index in [1.165, 1.54) is 5.40 Å². The molecule has 0 aliphatic heterocycles. The van der Waals surface area contributed by atoms with Crippen molar-refractivity contribution < 1.29 is 122 Å². The standard InChI is InChI=1S/4C7H6O6S.CHNS.2CH4O/c4*8-6-2-1-4(14(11,12)13)3-5(6)7(9)10;2-1-3;2*1-2/h4*1-3,8H,(H,9,10)(H,11,12,13);3H;2*2H,1H3. The summed E-state index contributed by atoms with van der Waals surface area (Å²) in [6, 6.07) is 9.82. The van der Waals surface area contributed by atoms with Crippen LogP contribution in [0.15, 0.2) is 92.4 Å². The van der Waals surface area contributed by atoms with Crippen LogP contribution < -0.4 is 0 Å². The van der Waals surface area contributed by atoms with Gasteiger partial charge < -0.3 is 51.1 Å². The van der Waals surface area contributed by atoms with Gasteiger partial charge in [-0.15, -0.1) is 0 Å². The molecule has 4 rings (SSSR count). The first-order valence-corrected chi connectivity index (χ1v) is 21.0. The summed E-state index contributed by atoms with van der Waals surface area (Å²) >= 11 is 3.09. The van der Waals surface area contributed by atoms with Crippen LogP contribution in [0.5, 0.6) is 23.0 Å². The molecule has 0 saturated heterocycles.